The van der Waals surface area contributed by atoms with Gasteiger partial charge in [0.2, 0.25) is 0 Å². The third-order valence-electron chi connectivity index (χ3n) is 2.98. The first-order valence-corrected chi connectivity index (χ1v) is 6.69. The Morgan fingerprint density at radius 2 is 2.00 bits per heavy atom. The number of nitrogens with zero attached hydrogens (tertiary/aromatic N) is 4. The van der Waals surface area contributed by atoms with Gasteiger partial charge in [0, 0.05) is 6.04 Å². The van der Waals surface area contributed by atoms with E-state index in [1.54, 1.807) is 4.68 Å². The standard InChI is InChI=1S/C14H21N5/c1-10(2)12-6-5-7-13(8-12)19-14(16-17-18-19)9-15-11(3)4/h5-8,10-11,15H,9H2,1-4H3. The lowest BCUT2D eigenvalue weighted by Gasteiger charge is -2.10. The molecule has 0 saturated carbocycles. The lowest BCUT2D eigenvalue weighted by Crippen LogP contribution is -2.24. The first-order valence-electron chi connectivity index (χ1n) is 6.69. The molecule has 0 amide bonds. The molecule has 1 heterocycles. The normalized spacial score (nSPS) is 11.5. The molecular formula is C14H21N5. The molecule has 0 unspecified atom stereocenters. The summed E-state index contributed by atoms with van der Waals surface area (Å²) in [5.74, 6) is 1.32. The van der Waals surface area contributed by atoms with Gasteiger partial charge < -0.3 is 5.32 Å². The van der Waals surface area contributed by atoms with Crippen molar-refractivity contribution in [1.29, 1.82) is 0 Å². The van der Waals surface area contributed by atoms with E-state index >= 15 is 0 Å². The van der Waals surface area contributed by atoms with Crippen LogP contribution in [0.2, 0.25) is 0 Å². The molecule has 1 N–H and O–H groups in total. The summed E-state index contributed by atoms with van der Waals surface area (Å²) >= 11 is 0. The number of hydrogen-bond acceptors (Lipinski definition) is 4. The fourth-order valence-electron chi connectivity index (χ4n) is 1.83. The van der Waals surface area contributed by atoms with Crippen LogP contribution in [0.3, 0.4) is 0 Å². The summed E-state index contributed by atoms with van der Waals surface area (Å²) in [6.07, 6.45) is 0. The lowest BCUT2D eigenvalue weighted by atomic mass is 10.0. The van der Waals surface area contributed by atoms with Crippen LogP contribution in [0.5, 0.6) is 0 Å². The third kappa shape index (κ3) is 3.38. The van der Waals surface area contributed by atoms with Crippen molar-refractivity contribution >= 4 is 0 Å². The number of aromatic nitrogens is 4. The van der Waals surface area contributed by atoms with Crippen LogP contribution in [0.25, 0.3) is 5.69 Å². The van der Waals surface area contributed by atoms with Gasteiger partial charge in [0.05, 0.1) is 12.2 Å². The maximum absolute atomic E-state index is 4.08. The topological polar surface area (TPSA) is 55.6 Å². The maximum atomic E-state index is 4.08. The van der Waals surface area contributed by atoms with Crippen LogP contribution < -0.4 is 5.32 Å². The van der Waals surface area contributed by atoms with Crippen molar-refractivity contribution in [3.63, 3.8) is 0 Å². The zero-order valence-electron chi connectivity index (χ0n) is 12.0. The molecule has 0 radical (unpaired) electrons. The first kappa shape index (κ1) is 13.7. The molecule has 102 valence electrons. The van der Waals surface area contributed by atoms with Gasteiger partial charge in [-0.25, -0.2) is 0 Å². The van der Waals surface area contributed by atoms with Crippen molar-refractivity contribution in [3.05, 3.63) is 35.7 Å². The predicted octanol–water partition coefficient (Wildman–Crippen LogP) is 2.28. The van der Waals surface area contributed by atoms with Crippen molar-refractivity contribution in [1.82, 2.24) is 25.5 Å². The van der Waals surface area contributed by atoms with Gasteiger partial charge in [0.1, 0.15) is 0 Å². The second-order valence-corrected chi connectivity index (χ2v) is 5.29. The van der Waals surface area contributed by atoms with E-state index in [-0.39, 0.29) is 0 Å². The first-order chi connectivity index (χ1) is 9.08. The van der Waals surface area contributed by atoms with Gasteiger partial charge in [-0.3, -0.25) is 0 Å². The van der Waals surface area contributed by atoms with Gasteiger partial charge in [-0.2, -0.15) is 4.68 Å². The Hall–Kier alpha value is -1.75. The molecule has 0 fully saturated rings. The summed E-state index contributed by atoms with van der Waals surface area (Å²) in [6.45, 7) is 9.23. The van der Waals surface area contributed by atoms with Gasteiger partial charge in [-0.05, 0) is 34.0 Å². The van der Waals surface area contributed by atoms with Gasteiger partial charge in [0.25, 0.3) is 0 Å². The minimum Gasteiger partial charge on any atom is -0.308 e. The van der Waals surface area contributed by atoms with Crippen LogP contribution in [0.1, 0.15) is 45.0 Å². The molecule has 2 rings (SSSR count). The van der Waals surface area contributed by atoms with Gasteiger partial charge in [-0.1, -0.05) is 39.8 Å². The second-order valence-electron chi connectivity index (χ2n) is 5.29. The fourth-order valence-corrected chi connectivity index (χ4v) is 1.83. The molecule has 0 aliphatic rings. The molecule has 19 heavy (non-hydrogen) atoms. The van der Waals surface area contributed by atoms with E-state index in [2.05, 4.69) is 60.7 Å². The Bertz CT molecular complexity index is 530. The van der Waals surface area contributed by atoms with E-state index in [1.807, 2.05) is 12.1 Å². The summed E-state index contributed by atoms with van der Waals surface area (Å²) in [4.78, 5) is 0. The summed E-state index contributed by atoms with van der Waals surface area (Å²) in [5.41, 5.74) is 2.30. The summed E-state index contributed by atoms with van der Waals surface area (Å²) in [5, 5.41) is 15.3. The Morgan fingerprint density at radius 3 is 2.68 bits per heavy atom. The monoisotopic (exact) mass is 259 g/mol. The summed E-state index contributed by atoms with van der Waals surface area (Å²) in [6, 6.07) is 8.75. The molecule has 0 atom stereocenters. The quantitative estimate of drug-likeness (QED) is 0.895. The Labute approximate surface area is 114 Å². The van der Waals surface area contributed by atoms with Crippen LogP contribution >= 0.6 is 0 Å². The molecule has 5 heteroatoms. The summed E-state index contributed by atoms with van der Waals surface area (Å²) in [7, 11) is 0. The molecule has 0 saturated heterocycles. The van der Waals surface area contributed by atoms with E-state index in [9.17, 15) is 0 Å². The molecular weight excluding hydrogens is 238 g/mol. The highest BCUT2D eigenvalue weighted by Crippen LogP contribution is 2.18. The van der Waals surface area contributed by atoms with Crippen molar-refractivity contribution in [3.8, 4) is 5.69 Å². The lowest BCUT2D eigenvalue weighted by molar-refractivity contribution is 0.563. The van der Waals surface area contributed by atoms with Gasteiger partial charge in [0.15, 0.2) is 5.82 Å². The number of hydrogen-bond donors (Lipinski definition) is 1. The van der Waals surface area contributed by atoms with Crippen LogP contribution in [0.15, 0.2) is 24.3 Å². The van der Waals surface area contributed by atoms with Crippen LogP contribution in [0.4, 0.5) is 0 Å². The number of nitrogens with one attached hydrogen (secondary N) is 1. The Balaban J connectivity index is 2.26. The largest absolute Gasteiger partial charge is 0.308 e. The predicted molar refractivity (Wildman–Crippen MR) is 75.2 cm³/mol. The van der Waals surface area contributed by atoms with Crippen molar-refractivity contribution < 1.29 is 0 Å². The average molecular weight is 259 g/mol. The number of benzene rings is 1. The minimum atomic E-state index is 0.409. The highest BCUT2D eigenvalue weighted by molar-refractivity contribution is 5.36. The molecule has 0 spiro atoms. The minimum absolute atomic E-state index is 0.409. The van der Waals surface area contributed by atoms with Crippen LogP contribution in [-0.2, 0) is 6.54 Å². The molecule has 2 aromatic rings. The van der Waals surface area contributed by atoms with E-state index in [4.69, 9.17) is 0 Å². The Kier molecular flexibility index (Phi) is 4.27. The SMILES string of the molecule is CC(C)NCc1nnnn1-c1cccc(C(C)C)c1. The highest BCUT2D eigenvalue weighted by Gasteiger charge is 2.09. The number of tetrazole rings is 1. The average Bonchev–Trinajstić information content (AvgIpc) is 2.84. The van der Waals surface area contributed by atoms with Crippen LogP contribution in [-0.4, -0.2) is 26.2 Å². The summed E-state index contributed by atoms with van der Waals surface area (Å²) < 4.78 is 1.79. The molecule has 1 aromatic heterocycles. The van der Waals surface area contributed by atoms with E-state index in [0.717, 1.165) is 11.5 Å². The third-order valence-corrected chi connectivity index (χ3v) is 2.98. The van der Waals surface area contributed by atoms with Gasteiger partial charge in [-0.15, -0.1) is 5.10 Å². The van der Waals surface area contributed by atoms with E-state index < -0.39 is 0 Å². The fraction of sp³-hybridized carbons (Fsp3) is 0.500. The zero-order valence-corrected chi connectivity index (χ0v) is 12.0. The molecule has 1 aromatic carbocycles. The molecule has 5 nitrogen and oxygen atoms in total. The molecule has 0 aliphatic heterocycles. The van der Waals surface area contributed by atoms with Crippen molar-refractivity contribution in [2.75, 3.05) is 0 Å². The zero-order chi connectivity index (χ0) is 13.8. The maximum Gasteiger partial charge on any atom is 0.170 e. The molecule has 0 aliphatic carbocycles. The second kappa shape index (κ2) is 5.93. The van der Waals surface area contributed by atoms with E-state index in [0.29, 0.717) is 18.5 Å². The smallest absolute Gasteiger partial charge is 0.170 e. The van der Waals surface area contributed by atoms with Gasteiger partial charge >= 0.3 is 0 Å². The highest BCUT2D eigenvalue weighted by atomic mass is 15.5. The Morgan fingerprint density at radius 1 is 1.21 bits per heavy atom. The van der Waals surface area contributed by atoms with Crippen molar-refractivity contribution in [2.45, 2.75) is 46.2 Å². The number of rotatable bonds is 5. The van der Waals surface area contributed by atoms with Crippen LogP contribution in [0, 0.1) is 0 Å². The van der Waals surface area contributed by atoms with Crippen molar-refractivity contribution in [2.24, 2.45) is 0 Å². The van der Waals surface area contributed by atoms with E-state index in [1.165, 1.54) is 5.56 Å². The molecule has 0 bridgehead atoms.